The summed E-state index contributed by atoms with van der Waals surface area (Å²) in [5.74, 6) is -1.98. The number of unbranched alkanes of at least 4 members (excludes halogenated alkanes) is 15. The van der Waals surface area contributed by atoms with Gasteiger partial charge in [0.1, 0.15) is 6.04 Å². The quantitative estimate of drug-likeness (QED) is 0.0667. The normalized spacial score (nSPS) is 12.0. The third kappa shape index (κ3) is 12.1. The molecule has 0 amide bonds. The van der Waals surface area contributed by atoms with Crippen molar-refractivity contribution in [2.45, 2.75) is 122 Å². The molecule has 0 radical (unpaired) electrons. The molecule has 234 valence electrons. The molecule has 5 nitrogen and oxygen atoms in total. The molecule has 0 aliphatic rings. The van der Waals surface area contributed by atoms with E-state index in [9.17, 15) is 9.59 Å². The first-order valence-electron chi connectivity index (χ1n) is 16.8. The number of hydrogen-bond donors (Lipinski definition) is 3. The molecule has 1 atom stereocenters. The molecule has 4 aromatic rings. The number of rotatable bonds is 21. The summed E-state index contributed by atoms with van der Waals surface area (Å²) in [5.41, 5.74) is 0. The molecule has 0 bridgehead atoms. The van der Waals surface area contributed by atoms with Gasteiger partial charge in [-0.3, -0.25) is 14.9 Å². The molecule has 0 aromatic heterocycles. The van der Waals surface area contributed by atoms with E-state index in [1.165, 1.54) is 116 Å². The van der Waals surface area contributed by atoms with Crippen molar-refractivity contribution in [3.63, 3.8) is 0 Å². The SMILES string of the molecule is CCCCCCCCCCCCCCCCCCC(NCC(=O)O)C(=O)O.c1cc2ccc3cccc4ccc(c1)c2c34. The van der Waals surface area contributed by atoms with E-state index in [2.05, 4.69) is 72.9 Å². The number of benzene rings is 4. The van der Waals surface area contributed by atoms with Crippen LogP contribution >= 0.6 is 0 Å². The second-order valence-electron chi connectivity index (χ2n) is 12.0. The predicted molar refractivity (Wildman–Crippen MR) is 181 cm³/mol. The van der Waals surface area contributed by atoms with Gasteiger partial charge in [0.15, 0.2) is 0 Å². The number of carboxylic acids is 2. The van der Waals surface area contributed by atoms with E-state index >= 15 is 0 Å². The van der Waals surface area contributed by atoms with E-state index in [-0.39, 0.29) is 6.54 Å². The zero-order valence-electron chi connectivity index (χ0n) is 26.3. The molecule has 4 aromatic carbocycles. The Kier molecular flexibility index (Phi) is 15.9. The Bertz CT molecular complexity index is 1220. The van der Waals surface area contributed by atoms with Crippen molar-refractivity contribution in [3.8, 4) is 0 Å². The molecule has 5 heteroatoms. The fraction of sp³-hybridized carbons (Fsp3) is 0.526. The Morgan fingerprint density at radius 3 is 1.23 bits per heavy atom. The van der Waals surface area contributed by atoms with Gasteiger partial charge in [-0.15, -0.1) is 0 Å². The van der Waals surface area contributed by atoms with E-state index in [1.54, 1.807) is 0 Å². The summed E-state index contributed by atoms with van der Waals surface area (Å²) in [7, 11) is 0. The van der Waals surface area contributed by atoms with Crippen LogP contribution in [0.4, 0.5) is 0 Å². The lowest BCUT2D eigenvalue weighted by atomic mass is 9.95. The summed E-state index contributed by atoms with van der Waals surface area (Å²) in [4.78, 5) is 21.5. The summed E-state index contributed by atoms with van der Waals surface area (Å²) in [6.45, 7) is 1.97. The fourth-order valence-electron chi connectivity index (χ4n) is 6.09. The standard InChI is InChI=1S/C22H43NO4.C16H10/c1-2-3-4-5-6-7-8-9-10-11-12-13-14-15-16-17-18-20(22(26)27)23-19-21(24)25;1-3-11-7-9-13-5-2-6-14-10-8-12(4-1)15(11)16(13)14/h20,23H,2-19H2,1H3,(H,24,25)(H,26,27);1-10H. The zero-order valence-corrected chi connectivity index (χ0v) is 26.3. The fourth-order valence-corrected chi connectivity index (χ4v) is 6.09. The van der Waals surface area contributed by atoms with Crippen molar-refractivity contribution in [2.24, 2.45) is 0 Å². The molecule has 0 fully saturated rings. The summed E-state index contributed by atoms with van der Waals surface area (Å²) < 4.78 is 0. The van der Waals surface area contributed by atoms with Gasteiger partial charge in [-0.2, -0.15) is 0 Å². The maximum absolute atomic E-state index is 11.0. The van der Waals surface area contributed by atoms with E-state index in [0.717, 1.165) is 19.3 Å². The molecule has 1 unspecified atom stereocenters. The first kappa shape index (κ1) is 34.3. The number of nitrogens with one attached hydrogen (secondary N) is 1. The lowest BCUT2D eigenvalue weighted by molar-refractivity contribution is -0.140. The molecule has 3 N–H and O–H groups in total. The monoisotopic (exact) mass is 587 g/mol. The Balaban J connectivity index is 0.000000262. The second-order valence-corrected chi connectivity index (χ2v) is 12.0. The predicted octanol–water partition coefficient (Wildman–Crippen LogP) is 10.3. The molecule has 0 saturated carbocycles. The van der Waals surface area contributed by atoms with E-state index in [4.69, 9.17) is 10.2 Å². The summed E-state index contributed by atoms with van der Waals surface area (Å²) in [6, 6.07) is 21.1. The average molecular weight is 588 g/mol. The van der Waals surface area contributed by atoms with Crippen molar-refractivity contribution >= 4 is 44.3 Å². The molecule has 0 spiro atoms. The molecule has 43 heavy (non-hydrogen) atoms. The summed E-state index contributed by atoms with van der Waals surface area (Å²) in [5, 5.41) is 28.4. The minimum atomic E-state index is -1.02. The average Bonchev–Trinajstić information content (AvgIpc) is 3.01. The van der Waals surface area contributed by atoms with Crippen LogP contribution in [0.3, 0.4) is 0 Å². The number of aliphatic carboxylic acids is 2. The number of hydrogen-bond acceptors (Lipinski definition) is 3. The molecule has 0 heterocycles. The zero-order chi connectivity index (χ0) is 30.7. The van der Waals surface area contributed by atoms with Crippen LogP contribution in [0.15, 0.2) is 60.7 Å². The largest absolute Gasteiger partial charge is 0.480 e. The van der Waals surface area contributed by atoms with Gasteiger partial charge in [-0.05, 0) is 38.7 Å². The lowest BCUT2D eigenvalue weighted by Gasteiger charge is -2.12. The van der Waals surface area contributed by atoms with Crippen LogP contribution in [-0.2, 0) is 9.59 Å². The lowest BCUT2D eigenvalue weighted by Crippen LogP contribution is -2.39. The Hall–Kier alpha value is -3.18. The number of carbonyl (C=O) groups is 2. The molecule has 0 aliphatic heterocycles. The summed E-state index contributed by atoms with van der Waals surface area (Å²) >= 11 is 0. The molecule has 0 aliphatic carbocycles. The van der Waals surface area contributed by atoms with Gasteiger partial charge in [0.25, 0.3) is 0 Å². The van der Waals surface area contributed by atoms with E-state index < -0.39 is 18.0 Å². The topological polar surface area (TPSA) is 86.6 Å². The Morgan fingerprint density at radius 1 is 0.558 bits per heavy atom. The van der Waals surface area contributed by atoms with E-state index in [1.807, 2.05) is 0 Å². The first-order valence-corrected chi connectivity index (χ1v) is 16.8. The van der Waals surface area contributed by atoms with Crippen molar-refractivity contribution in [3.05, 3.63) is 60.7 Å². The molecular formula is C38H53NO4. The van der Waals surface area contributed by atoms with E-state index in [0.29, 0.717) is 6.42 Å². The highest BCUT2D eigenvalue weighted by atomic mass is 16.4. The van der Waals surface area contributed by atoms with Gasteiger partial charge in [-0.25, -0.2) is 0 Å². The second kappa shape index (κ2) is 19.9. The van der Waals surface area contributed by atoms with Gasteiger partial charge in [-0.1, -0.05) is 170 Å². The van der Waals surface area contributed by atoms with Crippen molar-refractivity contribution < 1.29 is 19.8 Å². The van der Waals surface area contributed by atoms with Crippen LogP contribution in [0.25, 0.3) is 32.3 Å². The maximum atomic E-state index is 11.0. The summed E-state index contributed by atoms with van der Waals surface area (Å²) in [6.07, 6.45) is 21.2. The van der Waals surface area contributed by atoms with Crippen LogP contribution < -0.4 is 5.32 Å². The third-order valence-corrected chi connectivity index (χ3v) is 8.54. The molecule has 0 saturated heterocycles. The van der Waals surface area contributed by atoms with Gasteiger partial charge < -0.3 is 10.2 Å². The number of carboxylic acid groups (broad SMARTS) is 2. The van der Waals surface area contributed by atoms with Crippen molar-refractivity contribution in [1.82, 2.24) is 5.32 Å². The van der Waals surface area contributed by atoms with Crippen LogP contribution in [0.5, 0.6) is 0 Å². The van der Waals surface area contributed by atoms with Gasteiger partial charge >= 0.3 is 11.9 Å². The van der Waals surface area contributed by atoms with Crippen LogP contribution in [0.1, 0.15) is 116 Å². The van der Waals surface area contributed by atoms with Crippen molar-refractivity contribution in [2.75, 3.05) is 6.54 Å². The minimum Gasteiger partial charge on any atom is -0.480 e. The Morgan fingerprint density at radius 2 is 0.907 bits per heavy atom. The van der Waals surface area contributed by atoms with Gasteiger partial charge in [0.2, 0.25) is 0 Å². The highest BCUT2D eigenvalue weighted by Gasteiger charge is 2.17. The molecular weight excluding hydrogens is 534 g/mol. The molecule has 4 rings (SSSR count). The van der Waals surface area contributed by atoms with Gasteiger partial charge in [0, 0.05) is 0 Å². The van der Waals surface area contributed by atoms with Crippen molar-refractivity contribution in [1.29, 1.82) is 0 Å². The minimum absolute atomic E-state index is 0.296. The maximum Gasteiger partial charge on any atom is 0.320 e. The van der Waals surface area contributed by atoms with Crippen LogP contribution in [-0.4, -0.2) is 34.7 Å². The van der Waals surface area contributed by atoms with Crippen LogP contribution in [0.2, 0.25) is 0 Å². The smallest absolute Gasteiger partial charge is 0.320 e. The first-order chi connectivity index (χ1) is 21.0. The third-order valence-electron chi connectivity index (χ3n) is 8.54. The highest BCUT2D eigenvalue weighted by molar-refractivity contribution is 6.22. The highest BCUT2D eigenvalue weighted by Crippen LogP contribution is 2.33. The Labute approximate surface area is 258 Å². The van der Waals surface area contributed by atoms with Crippen LogP contribution in [0, 0.1) is 0 Å². The van der Waals surface area contributed by atoms with Gasteiger partial charge in [0.05, 0.1) is 6.54 Å².